The van der Waals surface area contributed by atoms with Gasteiger partial charge < -0.3 is 15.9 Å². The van der Waals surface area contributed by atoms with Gasteiger partial charge in [-0.05, 0) is 18.2 Å². The molecule has 0 atom stereocenters. The van der Waals surface area contributed by atoms with Gasteiger partial charge >= 0.3 is 0 Å². The normalized spacial score (nSPS) is 10.1. The fourth-order valence-corrected chi connectivity index (χ4v) is 1.15. The molecule has 5 heteroatoms. The SMILES string of the molecule is Nc1cnc(-c2ccc(O)c(O)c2)nc1. The van der Waals surface area contributed by atoms with E-state index in [2.05, 4.69) is 9.97 Å². The first-order chi connectivity index (χ1) is 7.16. The summed E-state index contributed by atoms with van der Waals surface area (Å²) in [6.07, 6.45) is 2.96. The molecule has 0 unspecified atom stereocenters. The Morgan fingerprint density at radius 2 is 1.67 bits per heavy atom. The zero-order valence-electron chi connectivity index (χ0n) is 7.75. The number of nitrogens with zero attached hydrogens (tertiary/aromatic N) is 2. The first-order valence-electron chi connectivity index (χ1n) is 4.26. The Bertz CT molecular complexity index is 483. The van der Waals surface area contributed by atoms with Gasteiger partial charge in [-0.3, -0.25) is 0 Å². The highest BCUT2D eigenvalue weighted by Crippen LogP contribution is 2.28. The fourth-order valence-electron chi connectivity index (χ4n) is 1.15. The van der Waals surface area contributed by atoms with Gasteiger partial charge in [0.15, 0.2) is 17.3 Å². The van der Waals surface area contributed by atoms with Crippen molar-refractivity contribution in [3.63, 3.8) is 0 Å². The van der Waals surface area contributed by atoms with E-state index >= 15 is 0 Å². The van der Waals surface area contributed by atoms with Crippen molar-refractivity contribution in [3.8, 4) is 22.9 Å². The highest BCUT2D eigenvalue weighted by Gasteiger charge is 2.04. The van der Waals surface area contributed by atoms with E-state index in [4.69, 9.17) is 10.8 Å². The van der Waals surface area contributed by atoms with Gasteiger partial charge in [0.2, 0.25) is 0 Å². The van der Waals surface area contributed by atoms with E-state index in [0.717, 1.165) is 0 Å². The third-order valence-corrected chi connectivity index (χ3v) is 1.91. The van der Waals surface area contributed by atoms with Gasteiger partial charge in [0.25, 0.3) is 0 Å². The minimum Gasteiger partial charge on any atom is -0.504 e. The lowest BCUT2D eigenvalue weighted by Gasteiger charge is -2.02. The van der Waals surface area contributed by atoms with Crippen molar-refractivity contribution in [3.05, 3.63) is 30.6 Å². The number of hydrogen-bond donors (Lipinski definition) is 3. The summed E-state index contributed by atoms with van der Waals surface area (Å²) in [6, 6.07) is 4.38. The molecule has 0 saturated carbocycles. The molecule has 2 rings (SSSR count). The summed E-state index contributed by atoms with van der Waals surface area (Å²) in [6.45, 7) is 0. The second kappa shape index (κ2) is 3.45. The summed E-state index contributed by atoms with van der Waals surface area (Å²) in [5.41, 5.74) is 6.53. The Kier molecular flexibility index (Phi) is 2.13. The van der Waals surface area contributed by atoms with Crippen molar-refractivity contribution in [2.45, 2.75) is 0 Å². The van der Waals surface area contributed by atoms with Crippen molar-refractivity contribution in [1.82, 2.24) is 9.97 Å². The quantitative estimate of drug-likeness (QED) is 0.604. The van der Waals surface area contributed by atoms with Crippen molar-refractivity contribution in [2.24, 2.45) is 0 Å². The Balaban J connectivity index is 2.45. The number of phenols is 2. The van der Waals surface area contributed by atoms with E-state index in [1.54, 1.807) is 6.07 Å². The van der Waals surface area contributed by atoms with Gasteiger partial charge in [-0.15, -0.1) is 0 Å². The monoisotopic (exact) mass is 203 g/mol. The number of phenolic OH excluding ortho intramolecular Hbond substituents is 2. The molecule has 2 aromatic rings. The molecule has 1 heterocycles. The molecule has 0 amide bonds. The maximum Gasteiger partial charge on any atom is 0.159 e. The molecule has 0 aliphatic heterocycles. The van der Waals surface area contributed by atoms with E-state index in [1.807, 2.05) is 0 Å². The topological polar surface area (TPSA) is 92.3 Å². The summed E-state index contributed by atoms with van der Waals surface area (Å²) in [4.78, 5) is 7.98. The second-order valence-corrected chi connectivity index (χ2v) is 3.04. The Morgan fingerprint density at radius 3 is 2.27 bits per heavy atom. The zero-order chi connectivity index (χ0) is 10.8. The standard InChI is InChI=1S/C10H9N3O2/c11-7-4-12-10(13-5-7)6-1-2-8(14)9(15)3-6/h1-5,14-15H,11H2. The van der Waals surface area contributed by atoms with Crippen LogP contribution in [0.3, 0.4) is 0 Å². The van der Waals surface area contributed by atoms with E-state index in [9.17, 15) is 5.11 Å². The maximum atomic E-state index is 9.29. The van der Waals surface area contributed by atoms with E-state index < -0.39 is 0 Å². The van der Waals surface area contributed by atoms with Crippen molar-refractivity contribution in [2.75, 3.05) is 5.73 Å². The smallest absolute Gasteiger partial charge is 0.159 e. The van der Waals surface area contributed by atoms with Crippen LogP contribution >= 0.6 is 0 Å². The van der Waals surface area contributed by atoms with Gasteiger partial charge in [0.1, 0.15) is 0 Å². The third-order valence-electron chi connectivity index (χ3n) is 1.91. The van der Waals surface area contributed by atoms with E-state index in [1.165, 1.54) is 24.5 Å². The number of anilines is 1. The van der Waals surface area contributed by atoms with Crippen LogP contribution in [0.4, 0.5) is 5.69 Å². The van der Waals surface area contributed by atoms with Crippen molar-refractivity contribution in [1.29, 1.82) is 0 Å². The molecule has 0 radical (unpaired) electrons. The maximum absolute atomic E-state index is 9.29. The van der Waals surface area contributed by atoms with Crippen LogP contribution in [0.15, 0.2) is 30.6 Å². The van der Waals surface area contributed by atoms with Crippen LogP contribution in [0.25, 0.3) is 11.4 Å². The number of nitrogen functional groups attached to an aromatic ring is 1. The summed E-state index contributed by atoms with van der Waals surface area (Å²) in [7, 11) is 0. The molecule has 0 spiro atoms. The number of aromatic nitrogens is 2. The predicted molar refractivity (Wildman–Crippen MR) is 55.2 cm³/mol. The lowest BCUT2D eigenvalue weighted by atomic mass is 10.2. The van der Waals surface area contributed by atoms with Crippen LogP contribution < -0.4 is 5.73 Å². The number of rotatable bonds is 1. The summed E-state index contributed by atoms with van der Waals surface area (Å²) in [5.74, 6) is 0.0709. The number of nitrogens with two attached hydrogens (primary N) is 1. The Morgan fingerprint density at radius 1 is 1.00 bits per heavy atom. The van der Waals surface area contributed by atoms with Crippen LogP contribution in [-0.4, -0.2) is 20.2 Å². The lowest BCUT2D eigenvalue weighted by molar-refractivity contribution is 0.404. The summed E-state index contributed by atoms with van der Waals surface area (Å²) < 4.78 is 0. The highest BCUT2D eigenvalue weighted by atomic mass is 16.3. The molecule has 15 heavy (non-hydrogen) atoms. The van der Waals surface area contributed by atoms with Crippen LogP contribution in [-0.2, 0) is 0 Å². The van der Waals surface area contributed by atoms with Gasteiger partial charge in [-0.2, -0.15) is 0 Å². The largest absolute Gasteiger partial charge is 0.504 e. The molecule has 0 bridgehead atoms. The van der Waals surface area contributed by atoms with Crippen molar-refractivity contribution >= 4 is 5.69 Å². The summed E-state index contributed by atoms with van der Waals surface area (Å²) >= 11 is 0. The van der Waals surface area contributed by atoms with Crippen LogP contribution in [0.2, 0.25) is 0 Å². The van der Waals surface area contributed by atoms with E-state index in [-0.39, 0.29) is 11.5 Å². The van der Waals surface area contributed by atoms with Crippen LogP contribution in [0.5, 0.6) is 11.5 Å². The molecule has 0 saturated heterocycles. The number of hydrogen-bond acceptors (Lipinski definition) is 5. The van der Waals surface area contributed by atoms with Crippen LogP contribution in [0.1, 0.15) is 0 Å². The van der Waals surface area contributed by atoms with E-state index in [0.29, 0.717) is 17.1 Å². The van der Waals surface area contributed by atoms with Gasteiger partial charge in [0.05, 0.1) is 18.1 Å². The molecule has 5 nitrogen and oxygen atoms in total. The Hall–Kier alpha value is -2.30. The molecule has 0 fully saturated rings. The molecule has 76 valence electrons. The first-order valence-corrected chi connectivity index (χ1v) is 4.26. The minimum absolute atomic E-state index is 0.172. The number of aromatic hydroxyl groups is 2. The predicted octanol–water partition coefficient (Wildman–Crippen LogP) is 1.14. The van der Waals surface area contributed by atoms with Gasteiger partial charge in [-0.1, -0.05) is 0 Å². The average Bonchev–Trinajstić information content (AvgIpc) is 2.23. The molecule has 1 aromatic heterocycles. The fraction of sp³-hybridized carbons (Fsp3) is 0. The molecular weight excluding hydrogens is 194 g/mol. The third kappa shape index (κ3) is 1.80. The average molecular weight is 203 g/mol. The molecule has 0 aliphatic carbocycles. The lowest BCUT2D eigenvalue weighted by Crippen LogP contribution is -1.92. The second-order valence-electron chi connectivity index (χ2n) is 3.04. The van der Waals surface area contributed by atoms with Gasteiger partial charge in [-0.25, -0.2) is 9.97 Å². The Labute approximate surface area is 85.9 Å². The molecule has 1 aromatic carbocycles. The number of benzene rings is 1. The molecule has 4 N–H and O–H groups in total. The first kappa shape index (κ1) is 9.26. The van der Waals surface area contributed by atoms with Crippen molar-refractivity contribution < 1.29 is 10.2 Å². The molecule has 0 aliphatic rings. The minimum atomic E-state index is -0.201. The highest BCUT2D eigenvalue weighted by molar-refractivity contribution is 5.60. The van der Waals surface area contributed by atoms with Gasteiger partial charge in [0, 0.05) is 5.56 Å². The summed E-state index contributed by atoms with van der Waals surface area (Å²) in [5, 5.41) is 18.4. The van der Waals surface area contributed by atoms with Crippen LogP contribution in [0, 0.1) is 0 Å². The molecular formula is C10H9N3O2. The zero-order valence-corrected chi connectivity index (χ0v) is 7.75.